The van der Waals surface area contributed by atoms with Gasteiger partial charge in [0.1, 0.15) is 0 Å². The van der Waals surface area contributed by atoms with Crippen molar-refractivity contribution in [3.05, 3.63) is 29.8 Å². The molecule has 0 aliphatic carbocycles. The van der Waals surface area contributed by atoms with Crippen molar-refractivity contribution in [2.75, 3.05) is 18.2 Å². The van der Waals surface area contributed by atoms with Gasteiger partial charge in [-0.05, 0) is 24.1 Å². The zero-order chi connectivity index (χ0) is 11.3. The molecule has 4 N–H and O–H groups in total. The molecule has 15 heavy (non-hydrogen) atoms. The minimum Gasteiger partial charge on any atom is -0.322 e. The van der Waals surface area contributed by atoms with Gasteiger partial charge in [0, 0.05) is 12.7 Å². The van der Waals surface area contributed by atoms with Crippen molar-refractivity contribution in [2.24, 2.45) is 5.14 Å². The van der Waals surface area contributed by atoms with Crippen LogP contribution in [0.5, 0.6) is 0 Å². The Morgan fingerprint density at radius 3 is 2.33 bits per heavy atom. The standard InChI is InChI=1S/C9H15N3O2S/c1-11-12-9-4-2-8(3-5-9)6-7-15(10,13)14/h2-5,11-12H,6-7H2,1H3,(H2,10,13,14). The maximum Gasteiger partial charge on any atom is 0.209 e. The van der Waals surface area contributed by atoms with Crippen molar-refractivity contribution in [3.63, 3.8) is 0 Å². The summed E-state index contributed by atoms with van der Waals surface area (Å²) in [4.78, 5) is 0. The van der Waals surface area contributed by atoms with E-state index < -0.39 is 10.0 Å². The van der Waals surface area contributed by atoms with Gasteiger partial charge in [-0.25, -0.2) is 19.0 Å². The second kappa shape index (κ2) is 5.11. The minimum absolute atomic E-state index is 0.0220. The van der Waals surface area contributed by atoms with Crippen LogP contribution in [-0.4, -0.2) is 21.2 Å². The van der Waals surface area contributed by atoms with E-state index in [4.69, 9.17) is 5.14 Å². The highest BCUT2D eigenvalue weighted by Gasteiger charge is 2.03. The molecular weight excluding hydrogens is 214 g/mol. The molecule has 0 fully saturated rings. The predicted octanol–water partition coefficient (Wildman–Crippen LogP) is 0.0639. The number of rotatable bonds is 5. The number of hydrogen-bond acceptors (Lipinski definition) is 4. The van der Waals surface area contributed by atoms with E-state index in [2.05, 4.69) is 10.9 Å². The molecule has 0 atom stereocenters. The average molecular weight is 229 g/mol. The van der Waals surface area contributed by atoms with Crippen LogP contribution in [0.2, 0.25) is 0 Å². The van der Waals surface area contributed by atoms with Gasteiger partial charge in [0.2, 0.25) is 10.0 Å². The number of primary sulfonamides is 1. The third-order valence-electron chi connectivity index (χ3n) is 1.90. The van der Waals surface area contributed by atoms with Gasteiger partial charge in [-0.2, -0.15) is 0 Å². The summed E-state index contributed by atoms with van der Waals surface area (Å²) in [6.45, 7) is 0. The van der Waals surface area contributed by atoms with Crippen LogP contribution >= 0.6 is 0 Å². The van der Waals surface area contributed by atoms with E-state index >= 15 is 0 Å². The van der Waals surface area contributed by atoms with Gasteiger partial charge in [-0.15, -0.1) is 0 Å². The SMILES string of the molecule is CNNc1ccc(CCS(N)(=O)=O)cc1. The number of nitrogens with two attached hydrogens (primary N) is 1. The second-order valence-electron chi connectivity index (χ2n) is 3.19. The quantitative estimate of drug-likeness (QED) is 0.624. The van der Waals surface area contributed by atoms with Crippen LogP contribution in [0.4, 0.5) is 5.69 Å². The molecule has 0 aromatic heterocycles. The number of anilines is 1. The first kappa shape index (κ1) is 12.0. The van der Waals surface area contributed by atoms with E-state index in [1.54, 1.807) is 7.05 Å². The summed E-state index contributed by atoms with van der Waals surface area (Å²) in [5, 5.41) is 4.91. The predicted molar refractivity (Wildman–Crippen MR) is 60.8 cm³/mol. The Morgan fingerprint density at radius 2 is 1.87 bits per heavy atom. The monoisotopic (exact) mass is 229 g/mol. The van der Waals surface area contributed by atoms with Crippen LogP contribution in [0.1, 0.15) is 5.56 Å². The summed E-state index contributed by atoms with van der Waals surface area (Å²) in [5.41, 5.74) is 7.59. The molecule has 84 valence electrons. The van der Waals surface area contributed by atoms with Gasteiger partial charge in [-0.1, -0.05) is 12.1 Å². The molecule has 0 unspecified atom stereocenters. The summed E-state index contributed by atoms with van der Waals surface area (Å²) >= 11 is 0. The fourth-order valence-corrected chi connectivity index (χ4v) is 1.68. The lowest BCUT2D eigenvalue weighted by atomic mass is 10.1. The summed E-state index contributed by atoms with van der Waals surface area (Å²) in [5.74, 6) is -0.0220. The molecule has 0 spiro atoms. The molecule has 0 radical (unpaired) electrons. The highest BCUT2D eigenvalue weighted by Crippen LogP contribution is 2.09. The Labute approximate surface area is 89.7 Å². The number of benzene rings is 1. The van der Waals surface area contributed by atoms with Gasteiger partial charge in [0.05, 0.1) is 5.75 Å². The number of aryl methyl sites for hydroxylation is 1. The average Bonchev–Trinajstić information content (AvgIpc) is 2.16. The summed E-state index contributed by atoms with van der Waals surface area (Å²) in [7, 11) is -1.60. The van der Waals surface area contributed by atoms with Crippen LogP contribution in [0.3, 0.4) is 0 Å². The van der Waals surface area contributed by atoms with Crippen LogP contribution < -0.4 is 16.0 Å². The van der Waals surface area contributed by atoms with Crippen molar-refractivity contribution < 1.29 is 8.42 Å². The molecule has 0 bridgehead atoms. The molecule has 0 heterocycles. The van der Waals surface area contributed by atoms with Gasteiger partial charge in [-0.3, -0.25) is 0 Å². The lowest BCUT2D eigenvalue weighted by Crippen LogP contribution is -2.18. The molecule has 0 aliphatic rings. The van der Waals surface area contributed by atoms with Crippen LogP contribution in [0.25, 0.3) is 0 Å². The molecule has 0 saturated carbocycles. The van der Waals surface area contributed by atoms with E-state index in [9.17, 15) is 8.42 Å². The van der Waals surface area contributed by atoms with Crippen LogP contribution in [0.15, 0.2) is 24.3 Å². The van der Waals surface area contributed by atoms with Gasteiger partial charge in [0.15, 0.2) is 0 Å². The van der Waals surface area contributed by atoms with E-state index in [-0.39, 0.29) is 5.75 Å². The Morgan fingerprint density at radius 1 is 1.27 bits per heavy atom. The second-order valence-corrected chi connectivity index (χ2v) is 4.92. The van der Waals surface area contributed by atoms with E-state index in [0.717, 1.165) is 11.3 Å². The zero-order valence-corrected chi connectivity index (χ0v) is 9.34. The number of sulfonamides is 1. The normalized spacial score (nSPS) is 11.3. The van der Waals surface area contributed by atoms with Crippen molar-refractivity contribution in [3.8, 4) is 0 Å². The molecular formula is C9H15N3O2S. The Hall–Kier alpha value is -1.11. The molecule has 6 heteroatoms. The number of nitrogens with one attached hydrogen (secondary N) is 2. The zero-order valence-electron chi connectivity index (χ0n) is 8.53. The van der Waals surface area contributed by atoms with Gasteiger partial charge < -0.3 is 5.43 Å². The Bertz CT molecular complexity index is 400. The molecule has 1 aromatic rings. The van der Waals surface area contributed by atoms with Crippen LogP contribution in [-0.2, 0) is 16.4 Å². The summed E-state index contributed by atoms with van der Waals surface area (Å²) in [6.07, 6.45) is 0.443. The Kier molecular flexibility index (Phi) is 4.07. The highest BCUT2D eigenvalue weighted by molar-refractivity contribution is 7.89. The molecule has 1 aromatic carbocycles. The number of hydrogen-bond donors (Lipinski definition) is 3. The first-order valence-electron chi connectivity index (χ1n) is 4.53. The number of hydrazine groups is 1. The maximum absolute atomic E-state index is 10.7. The smallest absolute Gasteiger partial charge is 0.209 e. The Balaban J connectivity index is 2.57. The van der Waals surface area contributed by atoms with E-state index in [1.165, 1.54) is 0 Å². The molecule has 0 aliphatic heterocycles. The lowest BCUT2D eigenvalue weighted by molar-refractivity contribution is 0.597. The third kappa shape index (κ3) is 4.78. The van der Waals surface area contributed by atoms with Gasteiger partial charge >= 0.3 is 0 Å². The topological polar surface area (TPSA) is 84.2 Å². The fourth-order valence-electron chi connectivity index (χ4n) is 1.16. The lowest BCUT2D eigenvalue weighted by Gasteiger charge is -2.05. The largest absolute Gasteiger partial charge is 0.322 e. The molecule has 0 saturated heterocycles. The fraction of sp³-hybridized carbons (Fsp3) is 0.333. The van der Waals surface area contributed by atoms with Gasteiger partial charge in [0.25, 0.3) is 0 Å². The van der Waals surface area contributed by atoms with Crippen molar-refractivity contribution >= 4 is 15.7 Å². The summed E-state index contributed by atoms with van der Waals surface area (Å²) in [6, 6.07) is 7.47. The minimum atomic E-state index is -3.37. The van der Waals surface area contributed by atoms with E-state index in [0.29, 0.717) is 6.42 Å². The van der Waals surface area contributed by atoms with Crippen LogP contribution in [0, 0.1) is 0 Å². The molecule has 1 rings (SSSR count). The first-order chi connectivity index (χ1) is 7.01. The molecule has 0 amide bonds. The van der Waals surface area contributed by atoms with Crippen molar-refractivity contribution in [2.45, 2.75) is 6.42 Å². The van der Waals surface area contributed by atoms with Crippen molar-refractivity contribution in [1.29, 1.82) is 0 Å². The highest BCUT2D eigenvalue weighted by atomic mass is 32.2. The van der Waals surface area contributed by atoms with Crippen molar-refractivity contribution in [1.82, 2.24) is 5.43 Å². The first-order valence-corrected chi connectivity index (χ1v) is 6.25. The van der Waals surface area contributed by atoms with E-state index in [1.807, 2.05) is 24.3 Å². The summed E-state index contributed by atoms with van der Waals surface area (Å²) < 4.78 is 21.5. The third-order valence-corrected chi connectivity index (χ3v) is 2.67. The molecule has 5 nitrogen and oxygen atoms in total. The maximum atomic E-state index is 10.7.